The van der Waals surface area contributed by atoms with E-state index in [2.05, 4.69) is 82.9 Å². The van der Waals surface area contributed by atoms with Crippen molar-refractivity contribution in [2.75, 3.05) is 6.26 Å². The van der Waals surface area contributed by atoms with E-state index in [4.69, 9.17) is 4.99 Å². The van der Waals surface area contributed by atoms with Crippen molar-refractivity contribution in [3.8, 4) is 11.1 Å². The summed E-state index contributed by atoms with van der Waals surface area (Å²) in [5.74, 6) is 0. The zero-order chi connectivity index (χ0) is 19.8. The predicted octanol–water partition coefficient (Wildman–Crippen LogP) is 6.54. The van der Waals surface area contributed by atoms with Gasteiger partial charge in [-0.1, -0.05) is 60.7 Å². The van der Waals surface area contributed by atoms with Gasteiger partial charge in [0.1, 0.15) is 10.7 Å². The van der Waals surface area contributed by atoms with Gasteiger partial charge in [-0.05, 0) is 42.2 Å². The van der Waals surface area contributed by atoms with E-state index in [9.17, 15) is 0 Å². The molecule has 0 saturated heterocycles. The van der Waals surface area contributed by atoms with E-state index < -0.39 is 0 Å². The Hall–Kier alpha value is -3.24. The van der Waals surface area contributed by atoms with Gasteiger partial charge in [-0.3, -0.25) is 4.40 Å². The molecule has 0 atom stereocenters. The second kappa shape index (κ2) is 7.30. The van der Waals surface area contributed by atoms with Crippen molar-refractivity contribution in [1.29, 1.82) is 0 Å². The molecule has 5 rings (SSSR count). The number of aryl methyl sites for hydroxylation is 1. The van der Waals surface area contributed by atoms with E-state index in [1.807, 2.05) is 30.3 Å². The van der Waals surface area contributed by atoms with Crippen molar-refractivity contribution in [1.82, 2.24) is 8.97 Å². The highest BCUT2D eigenvalue weighted by atomic mass is 32.2. The van der Waals surface area contributed by atoms with Crippen LogP contribution in [0.25, 0.3) is 27.8 Å². The highest BCUT2D eigenvalue weighted by Gasteiger charge is 2.21. The maximum atomic E-state index is 5.02. The lowest BCUT2D eigenvalue weighted by atomic mass is 10.1. The Labute approximate surface area is 174 Å². The van der Waals surface area contributed by atoms with E-state index in [-0.39, 0.29) is 0 Å². The lowest BCUT2D eigenvalue weighted by Gasteiger charge is -2.09. The molecule has 0 fully saturated rings. The molecule has 4 heteroatoms. The molecule has 0 aliphatic rings. The Balaban J connectivity index is 1.88. The van der Waals surface area contributed by atoms with Crippen LogP contribution in [0.15, 0.2) is 96.0 Å². The van der Waals surface area contributed by atoms with E-state index in [0.29, 0.717) is 0 Å². The van der Waals surface area contributed by atoms with Crippen molar-refractivity contribution in [2.24, 2.45) is 12.0 Å². The van der Waals surface area contributed by atoms with Crippen LogP contribution in [-0.2, 0) is 7.05 Å². The number of thioether (sulfide) groups is 1. The van der Waals surface area contributed by atoms with Crippen LogP contribution in [0.2, 0.25) is 0 Å². The first-order valence-corrected chi connectivity index (χ1v) is 10.8. The molecule has 0 aliphatic carbocycles. The first-order valence-electron chi connectivity index (χ1n) is 9.60. The lowest BCUT2D eigenvalue weighted by Crippen LogP contribution is -2.02. The highest BCUT2D eigenvalue weighted by Crippen LogP contribution is 2.35. The van der Waals surface area contributed by atoms with Gasteiger partial charge in [-0.25, -0.2) is 4.99 Å². The van der Waals surface area contributed by atoms with Crippen molar-refractivity contribution in [2.45, 2.75) is 0 Å². The number of hydrogen-bond donors (Lipinski definition) is 0. The third kappa shape index (κ3) is 2.97. The molecule has 29 heavy (non-hydrogen) atoms. The third-order valence-corrected chi connectivity index (χ3v) is 5.95. The average Bonchev–Trinajstić information content (AvgIpc) is 3.30. The standard InChI is InChI=1S/C25H21N3S/c1-27-21-15-9-10-16-22(21)28-23(27)17-20(18-11-5-3-6-12-18)24(28)25(29-2)26-19-13-7-4-8-14-19/h3-17H,1-2H3. The normalized spacial score (nSPS) is 12.1. The molecule has 0 saturated carbocycles. The molecule has 3 nitrogen and oxygen atoms in total. The van der Waals surface area contributed by atoms with Crippen LogP contribution in [-0.4, -0.2) is 20.3 Å². The SMILES string of the molecule is CSC(=Nc1ccccc1)c1c(-c2ccccc2)cc2n(C)c3ccccc3n12. The summed E-state index contributed by atoms with van der Waals surface area (Å²) in [4.78, 5) is 5.02. The third-order valence-electron chi connectivity index (χ3n) is 5.28. The van der Waals surface area contributed by atoms with E-state index in [1.165, 1.54) is 22.2 Å². The maximum absolute atomic E-state index is 5.02. The molecule has 142 valence electrons. The van der Waals surface area contributed by atoms with Gasteiger partial charge in [-0.15, -0.1) is 11.8 Å². The van der Waals surface area contributed by atoms with Crippen LogP contribution < -0.4 is 0 Å². The fraction of sp³-hybridized carbons (Fsp3) is 0.0800. The van der Waals surface area contributed by atoms with Gasteiger partial charge in [0.2, 0.25) is 0 Å². The fourth-order valence-corrected chi connectivity index (χ4v) is 4.50. The van der Waals surface area contributed by atoms with Crippen molar-refractivity contribution in [3.05, 3.63) is 96.7 Å². The Kier molecular flexibility index (Phi) is 4.49. The molecule has 0 amide bonds. The zero-order valence-electron chi connectivity index (χ0n) is 16.4. The molecule has 2 aromatic heterocycles. The minimum atomic E-state index is 0.964. The lowest BCUT2D eigenvalue weighted by molar-refractivity contribution is 0.993. The van der Waals surface area contributed by atoms with Gasteiger partial charge in [0.05, 0.1) is 22.4 Å². The zero-order valence-corrected chi connectivity index (χ0v) is 17.2. The van der Waals surface area contributed by atoms with Crippen LogP contribution in [0.4, 0.5) is 5.69 Å². The summed E-state index contributed by atoms with van der Waals surface area (Å²) in [5, 5.41) is 1.01. The Morgan fingerprint density at radius 3 is 2.10 bits per heavy atom. The summed E-state index contributed by atoms with van der Waals surface area (Å²) in [7, 11) is 2.13. The smallest absolute Gasteiger partial charge is 0.121 e. The molecule has 0 bridgehead atoms. The quantitative estimate of drug-likeness (QED) is 0.251. The van der Waals surface area contributed by atoms with E-state index >= 15 is 0 Å². The molecule has 0 spiro atoms. The summed E-state index contributed by atoms with van der Waals surface area (Å²) >= 11 is 1.68. The van der Waals surface area contributed by atoms with Gasteiger partial charge in [0.15, 0.2) is 0 Å². The monoisotopic (exact) mass is 395 g/mol. The Morgan fingerprint density at radius 2 is 1.41 bits per heavy atom. The average molecular weight is 396 g/mol. The summed E-state index contributed by atoms with van der Waals surface area (Å²) in [5.41, 5.74) is 8.07. The number of nitrogens with zero attached hydrogens (tertiary/aromatic N) is 3. The number of aliphatic imine (C=N–C) groups is 1. The number of rotatable bonds is 3. The molecule has 3 aromatic carbocycles. The molecule has 5 aromatic rings. The van der Waals surface area contributed by atoms with Crippen molar-refractivity contribution in [3.63, 3.8) is 0 Å². The molecule has 0 N–H and O–H groups in total. The minimum absolute atomic E-state index is 0.964. The summed E-state index contributed by atoms with van der Waals surface area (Å²) in [6.07, 6.45) is 2.10. The van der Waals surface area contributed by atoms with Gasteiger partial charge < -0.3 is 4.57 Å². The minimum Gasteiger partial charge on any atom is -0.329 e. The number of imidazole rings is 1. The van der Waals surface area contributed by atoms with Crippen LogP contribution >= 0.6 is 11.8 Å². The molecule has 0 radical (unpaired) electrons. The number of hydrogen-bond acceptors (Lipinski definition) is 2. The predicted molar refractivity (Wildman–Crippen MR) is 125 cm³/mol. The second-order valence-corrected chi connectivity index (χ2v) is 7.77. The molecule has 0 unspecified atom stereocenters. The number of benzene rings is 3. The molecule has 0 aliphatic heterocycles. The number of fused-ring (bicyclic) bond motifs is 3. The summed E-state index contributed by atoms with van der Waals surface area (Å²) < 4.78 is 4.60. The van der Waals surface area contributed by atoms with Crippen LogP contribution in [0, 0.1) is 0 Å². The Bertz CT molecular complexity index is 1330. The maximum Gasteiger partial charge on any atom is 0.121 e. The van der Waals surface area contributed by atoms with Crippen molar-refractivity contribution < 1.29 is 0 Å². The van der Waals surface area contributed by atoms with Gasteiger partial charge >= 0.3 is 0 Å². The second-order valence-electron chi connectivity index (χ2n) is 6.97. The van der Waals surface area contributed by atoms with Gasteiger partial charge in [0, 0.05) is 12.6 Å². The highest BCUT2D eigenvalue weighted by molar-refractivity contribution is 8.13. The number of aromatic nitrogens is 2. The van der Waals surface area contributed by atoms with Crippen molar-refractivity contribution >= 4 is 39.2 Å². The first-order chi connectivity index (χ1) is 14.3. The molecular weight excluding hydrogens is 374 g/mol. The first kappa shape index (κ1) is 17.8. The molecular formula is C25H21N3S. The Morgan fingerprint density at radius 1 is 0.793 bits per heavy atom. The molecule has 2 heterocycles. The van der Waals surface area contributed by atoms with Crippen LogP contribution in [0.5, 0.6) is 0 Å². The fourth-order valence-electron chi connectivity index (χ4n) is 3.91. The number of para-hydroxylation sites is 3. The van der Waals surface area contributed by atoms with Gasteiger partial charge in [-0.2, -0.15) is 0 Å². The van der Waals surface area contributed by atoms with Crippen LogP contribution in [0.1, 0.15) is 5.69 Å². The van der Waals surface area contributed by atoms with E-state index in [1.54, 1.807) is 11.8 Å². The largest absolute Gasteiger partial charge is 0.329 e. The summed E-state index contributed by atoms with van der Waals surface area (Å²) in [6.45, 7) is 0. The van der Waals surface area contributed by atoms with Crippen LogP contribution in [0.3, 0.4) is 0 Å². The summed E-state index contributed by atoms with van der Waals surface area (Å²) in [6, 6.07) is 31.6. The topological polar surface area (TPSA) is 21.7 Å². The van der Waals surface area contributed by atoms with E-state index in [0.717, 1.165) is 22.1 Å². The van der Waals surface area contributed by atoms with Gasteiger partial charge in [0.25, 0.3) is 0 Å².